The lowest BCUT2D eigenvalue weighted by Gasteiger charge is -2.07. The van der Waals surface area contributed by atoms with E-state index < -0.39 is 0 Å². The molecule has 4 nitrogen and oxygen atoms in total. The average Bonchev–Trinajstić information content (AvgIpc) is 3.10. The predicted octanol–water partition coefficient (Wildman–Crippen LogP) is 5.03. The van der Waals surface area contributed by atoms with Crippen LogP contribution in [0.1, 0.15) is 24.6 Å². The van der Waals surface area contributed by atoms with Gasteiger partial charge in [-0.2, -0.15) is 4.98 Å². The largest absolute Gasteiger partial charge is 0.365 e. The SMILES string of the molecule is CCCCNc1nccc(NCc2ccc(-c3ccccc3)s2)n1. The number of nitrogens with zero attached hydrogens (tertiary/aromatic N) is 2. The molecule has 3 aromatic rings. The third-order valence-corrected chi connectivity index (χ3v) is 4.77. The van der Waals surface area contributed by atoms with Gasteiger partial charge in [0.2, 0.25) is 5.95 Å². The Morgan fingerprint density at radius 1 is 1.00 bits per heavy atom. The van der Waals surface area contributed by atoms with E-state index in [0.717, 1.165) is 31.7 Å². The van der Waals surface area contributed by atoms with Gasteiger partial charge in [0, 0.05) is 22.5 Å². The van der Waals surface area contributed by atoms with Gasteiger partial charge in [0.05, 0.1) is 6.54 Å². The second-order valence-electron chi connectivity index (χ2n) is 5.53. The maximum Gasteiger partial charge on any atom is 0.224 e. The highest BCUT2D eigenvalue weighted by Crippen LogP contribution is 2.28. The zero-order chi connectivity index (χ0) is 16.6. The van der Waals surface area contributed by atoms with Crippen LogP contribution in [-0.4, -0.2) is 16.5 Å². The van der Waals surface area contributed by atoms with Crippen LogP contribution in [0.5, 0.6) is 0 Å². The first-order chi connectivity index (χ1) is 11.8. The van der Waals surface area contributed by atoms with Crippen LogP contribution in [0.3, 0.4) is 0 Å². The molecule has 0 unspecified atom stereocenters. The van der Waals surface area contributed by atoms with Crippen molar-refractivity contribution in [3.63, 3.8) is 0 Å². The molecule has 2 heterocycles. The first-order valence-corrected chi connectivity index (χ1v) is 9.11. The number of anilines is 2. The Morgan fingerprint density at radius 3 is 2.71 bits per heavy atom. The molecule has 5 heteroatoms. The minimum absolute atomic E-state index is 0.685. The van der Waals surface area contributed by atoms with Crippen LogP contribution < -0.4 is 10.6 Å². The third-order valence-electron chi connectivity index (χ3n) is 3.63. The van der Waals surface area contributed by atoms with Gasteiger partial charge in [-0.05, 0) is 30.2 Å². The topological polar surface area (TPSA) is 49.8 Å². The van der Waals surface area contributed by atoms with Crippen molar-refractivity contribution >= 4 is 23.1 Å². The number of nitrogens with one attached hydrogen (secondary N) is 2. The summed E-state index contributed by atoms with van der Waals surface area (Å²) in [5.74, 6) is 1.53. The summed E-state index contributed by atoms with van der Waals surface area (Å²) >= 11 is 1.80. The molecule has 124 valence electrons. The molecule has 0 spiro atoms. The van der Waals surface area contributed by atoms with Crippen LogP contribution >= 0.6 is 11.3 Å². The van der Waals surface area contributed by atoms with E-state index in [0.29, 0.717) is 5.95 Å². The van der Waals surface area contributed by atoms with Gasteiger partial charge in [0.1, 0.15) is 5.82 Å². The molecule has 0 amide bonds. The number of hydrogen-bond acceptors (Lipinski definition) is 5. The molecule has 3 rings (SSSR count). The normalized spacial score (nSPS) is 10.5. The van der Waals surface area contributed by atoms with Gasteiger partial charge < -0.3 is 10.6 Å². The van der Waals surface area contributed by atoms with Crippen molar-refractivity contribution in [2.75, 3.05) is 17.2 Å². The van der Waals surface area contributed by atoms with Crippen molar-refractivity contribution in [1.82, 2.24) is 9.97 Å². The summed E-state index contributed by atoms with van der Waals surface area (Å²) in [6.07, 6.45) is 4.07. The van der Waals surface area contributed by atoms with Crippen molar-refractivity contribution in [2.45, 2.75) is 26.3 Å². The third kappa shape index (κ3) is 4.55. The summed E-state index contributed by atoms with van der Waals surface area (Å²) in [5, 5.41) is 6.63. The smallest absolute Gasteiger partial charge is 0.224 e. The summed E-state index contributed by atoms with van der Waals surface area (Å²) in [6.45, 7) is 3.85. The van der Waals surface area contributed by atoms with E-state index in [9.17, 15) is 0 Å². The van der Waals surface area contributed by atoms with Crippen LogP contribution in [0.2, 0.25) is 0 Å². The molecule has 0 aliphatic rings. The van der Waals surface area contributed by atoms with Crippen LogP contribution in [0.25, 0.3) is 10.4 Å². The molecule has 24 heavy (non-hydrogen) atoms. The van der Waals surface area contributed by atoms with Gasteiger partial charge in [-0.25, -0.2) is 4.98 Å². The lowest BCUT2D eigenvalue weighted by atomic mass is 10.2. The summed E-state index contributed by atoms with van der Waals surface area (Å²) in [7, 11) is 0. The van der Waals surface area contributed by atoms with Crippen LogP contribution in [0.15, 0.2) is 54.7 Å². The van der Waals surface area contributed by atoms with Crippen molar-refractivity contribution < 1.29 is 0 Å². The molecule has 0 aliphatic carbocycles. The maximum absolute atomic E-state index is 4.50. The standard InChI is InChI=1S/C19H22N4S/c1-2-3-12-20-19-21-13-11-18(23-19)22-14-16-9-10-17(24-16)15-7-5-4-6-8-15/h4-11,13H,2-3,12,14H2,1H3,(H2,20,21,22,23). The van der Waals surface area contributed by atoms with Crippen molar-refractivity contribution in [1.29, 1.82) is 0 Å². The summed E-state index contributed by atoms with van der Waals surface area (Å²) in [5.41, 5.74) is 1.26. The van der Waals surface area contributed by atoms with E-state index in [1.54, 1.807) is 17.5 Å². The molecule has 2 aromatic heterocycles. The van der Waals surface area contributed by atoms with E-state index in [1.807, 2.05) is 12.1 Å². The molecule has 0 fully saturated rings. The fraction of sp³-hybridized carbons (Fsp3) is 0.263. The lowest BCUT2D eigenvalue weighted by Crippen LogP contribution is -2.07. The predicted molar refractivity (Wildman–Crippen MR) is 103 cm³/mol. The highest BCUT2D eigenvalue weighted by atomic mass is 32.1. The van der Waals surface area contributed by atoms with Crippen molar-refractivity contribution in [3.05, 3.63) is 59.6 Å². The number of benzene rings is 1. The molecular weight excluding hydrogens is 316 g/mol. The van der Waals surface area contributed by atoms with Gasteiger partial charge in [-0.1, -0.05) is 43.7 Å². The molecule has 0 saturated heterocycles. The zero-order valence-electron chi connectivity index (χ0n) is 13.8. The summed E-state index contributed by atoms with van der Waals surface area (Å²) < 4.78 is 0. The second-order valence-corrected chi connectivity index (χ2v) is 6.70. The minimum atomic E-state index is 0.685. The Kier molecular flexibility index (Phi) is 5.80. The molecule has 0 aliphatic heterocycles. The molecular formula is C19H22N4S. The number of aromatic nitrogens is 2. The first kappa shape index (κ1) is 16.5. The highest BCUT2D eigenvalue weighted by Gasteiger charge is 2.03. The monoisotopic (exact) mass is 338 g/mol. The molecule has 0 bridgehead atoms. The van der Waals surface area contributed by atoms with Gasteiger partial charge in [0.15, 0.2) is 0 Å². The fourth-order valence-corrected chi connectivity index (χ4v) is 3.28. The van der Waals surface area contributed by atoms with Gasteiger partial charge in [0.25, 0.3) is 0 Å². The Hall–Kier alpha value is -2.40. The van der Waals surface area contributed by atoms with Gasteiger partial charge in [-0.15, -0.1) is 11.3 Å². The maximum atomic E-state index is 4.50. The number of thiophene rings is 1. The Labute approximate surface area is 147 Å². The zero-order valence-corrected chi connectivity index (χ0v) is 14.6. The Bertz CT molecular complexity index is 755. The Balaban J connectivity index is 1.58. The van der Waals surface area contributed by atoms with Gasteiger partial charge in [-0.3, -0.25) is 0 Å². The highest BCUT2D eigenvalue weighted by molar-refractivity contribution is 7.15. The first-order valence-electron chi connectivity index (χ1n) is 8.30. The molecule has 2 N–H and O–H groups in total. The van der Waals surface area contributed by atoms with Crippen LogP contribution in [0, 0.1) is 0 Å². The van der Waals surface area contributed by atoms with E-state index in [-0.39, 0.29) is 0 Å². The summed E-state index contributed by atoms with van der Waals surface area (Å²) in [6, 6.07) is 16.7. The minimum Gasteiger partial charge on any atom is -0.365 e. The van der Waals surface area contributed by atoms with E-state index in [1.165, 1.54) is 15.3 Å². The molecule has 0 saturated carbocycles. The van der Waals surface area contributed by atoms with Crippen molar-refractivity contribution in [3.8, 4) is 10.4 Å². The van der Waals surface area contributed by atoms with E-state index >= 15 is 0 Å². The Morgan fingerprint density at radius 2 is 1.88 bits per heavy atom. The van der Waals surface area contributed by atoms with E-state index in [2.05, 4.69) is 63.9 Å². The van der Waals surface area contributed by atoms with Gasteiger partial charge >= 0.3 is 0 Å². The second kappa shape index (κ2) is 8.45. The van der Waals surface area contributed by atoms with E-state index in [4.69, 9.17) is 0 Å². The number of rotatable bonds is 8. The van der Waals surface area contributed by atoms with Crippen LogP contribution in [0.4, 0.5) is 11.8 Å². The molecule has 1 aromatic carbocycles. The quantitative estimate of drug-likeness (QED) is 0.566. The number of hydrogen-bond donors (Lipinski definition) is 2. The lowest BCUT2D eigenvalue weighted by molar-refractivity contribution is 0.826. The fourth-order valence-electron chi connectivity index (χ4n) is 2.33. The average molecular weight is 338 g/mol. The summed E-state index contributed by atoms with van der Waals surface area (Å²) in [4.78, 5) is 11.3. The van der Waals surface area contributed by atoms with Crippen LogP contribution in [-0.2, 0) is 6.54 Å². The molecule has 0 radical (unpaired) electrons. The van der Waals surface area contributed by atoms with Crippen molar-refractivity contribution in [2.24, 2.45) is 0 Å². The number of unbranched alkanes of at least 4 members (excludes halogenated alkanes) is 1. The molecule has 0 atom stereocenters.